The van der Waals surface area contributed by atoms with Crippen molar-refractivity contribution in [3.8, 4) is 11.5 Å². The van der Waals surface area contributed by atoms with Gasteiger partial charge in [-0.05, 0) is 24.3 Å². The van der Waals surface area contributed by atoms with E-state index in [0.29, 0.717) is 22.6 Å². The van der Waals surface area contributed by atoms with E-state index in [1.807, 2.05) is 18.2 Å². The molecule has 0 aliphatic heterocycles. The van der Waals surface area contributed by atoms with Crippen LogP contribution in [0.2, 0.25) is 0 Å². The van der Waals surface area contributed by atoms with Gasteiger partial charge >= 0.3 is 0 Å². The summed E-state index contributed by atoms with van der Waals surface area (Å²) in [7, 11) is 3.06. The first kappa shape index (κ1) is 13.2. The molecule has 2 heterocycles. The molecule has 0 spiro atoms. The molecule has 1 aromatic carbocycles. The van der Waals surface area contributed by atoms with E-state index in [0.717, 1.165) is 5.52 Å². The maximum Gasteiger partial charge on any atom is 0.204 e. The Balaban J connectivity index is 2.19. The van der Waals surface area contributed by atoms with Gasteiger partial charge in [0.25, 0.3) is 0 Å². The molecule has 0 radical (unpaired) electrons. The third-order valence-corrected chi connectivity index (χ3v) is 3.33. The summed E-state index contributed by atoms with van der Waals surface area (Å²) in [5.41, 5.74) is 1.66. The lowest BCUT2D eigenvalue weighted by atomic mass is 10.0. The minimum Gasteiger partial charge on any atom is -0.496 e. The minimum atomic E-state index is -0.175. The van der Waals surface area contributed by atoms with Crippen LogP contribution in [0.5, 0.6) is 11.5 Å². The van der Waals surface area contributed by atoms with E-state index in [2.05, 4.69) is 5.10 Å². The fraction of sp³-hybridized carbons (Fsp3) is 0.125. The normalized spacial score (nSPS) is 10.6. The molecule has 0 atom stereocenters. The Morgan fingerprint density at radius 2 is 1.76 bits per heavy atom. The van der Waals surface area contributed by atoms with E-state index in [1.165, 1.54) is 14.2 Å². The maximum absolute atomic E-state index is 12.9. The molecule has 3 rings (SSSR count). The van der Waals surface area contributed by atoms with Crippen LogP contribution in [-0.4, -0.2) is 29.6 Å². The van der Waals surface area contributed by atoms with E-state index in [4.69, 9.17) is 9.47 Å². The van der Waals surface area contributed by atoms with Crippen LogP contribution in [0.3, 0.4) is 0 Å². The summed E-state index contributed by atoms with van der Waals surface area (Å²) in [6.07, 6.45) is 3.36. The zero-order valence-corrected chi connectivity index (χ0v) is 11.7. The summed E-state index contributed by atoms with van der Waals surface area (Å²) < 4.78 is 12.2. The fourth-order valence-corrected chi connectivity index (χ4v) is 2.32. The van der Waals surface area contributed by atoms with Gasteiger partial charge < -0.3 is 9.47 Å². The van der Waals surface area contributed by atoms with Crippen LogP contribution < -0.4 is 9.47 Å². The number of pyridine rings is 1. The molecule has 0 unspecified atom stereocenters. The van der Waals surface area contributed by atoms with Crippen molar-refractivity contribution in [1.82, 2.24) is 9.61 Å². The van der Waals surface area contributed by atoms with Gasteiger partial charge in [0.1, 0.15) is 17.1 Å². The summed E-state index contributed by atoms with van der Waals surface area (Å²) in [5.74, 6) is 0.787. The largest absolute Gasteiger partial charge is 0.496 e. The van der Waals surface area contributed by atoms with Crippen molar-refractivity contribution >= 4 is 11.3 Å². The van der Waals surface area contributed by atoms with Crippen molar-refractivity contribution in [1.29, 1.82) is 0 Å². The fourth-order valence-electron chi connectivity index (χ4n) is 2.32. The van der Waals surface area contributed by atoms with Crippen LogP contribution in [0.4, 0.5) is 0 Å². The minimum absolute atomic E-state index is 0.175. The summed E-state index contributed by atoms with van der Waals surface area (Å²) in [4.78, 5) is 12.9. The van der Waals surface area contributed by atoms with Crippen molar-refractivity contribution in [2.45, 2.75) is 0 Å². The molecular weight excluding hydrogens is 268 g/mol. The monoisotopic (exact) mass is 282 g/mol. The smallest absolute Gasteiger partial charge is 0.204 e. The number of benzene rings is 1. The van der Waals surface area contributed by atoms with Gasteiger partial charge in [0.15, 0.2) is 0 Å². The second-order valence-electron chi connectivity index (χ2n) is 4.46. The van der Waals surface area contributed by atoms with E-state index in [9.17, 15) is 4.79 Å². The Kier molecular flexibility index (Phi) is 3.31. The number of nitrogens with zero attached hydrogens (tertiary/aromatic N) is 2. The second kappa shape index (κ2) is 5.28. The lowest BCUT2D eigenvalue weighted by Crippen LogP contribution is -2.06. The Labute approximate surface area is 121 Å². The molecule has 0 saturated heterocycles. The van der Waals surface area contributed by atoms with Gasteiger partial charge in [-0.25, -0.2) is 4.52 Å². The van der Waals surface area contributed by atoms with Gasteiger partial charge in [-0.15, -0.1) is 0 Å². The van der Waals surface area contributed by atoms with E-state index in [1.54, 1.807) is 35.1 Å². The summed E-state index contributed by atoms with van der Waals surface area (Å²) in [6.45, 7) is 0. The highest BCUT2D eigenvalue weighted by Crippen LogP contribution is 2.31. The van der Waals surface area contributed by atoms with Gasteiger partial charge in [-0.3, -0.25) is 4.79 Å². The summed E-state index contributed by atoms with van der Waals surface area (Å²) in [5, 5.41) is 4.19. The van der Waals surface area contributed by atoms with Crippen molar-refractivity contribution < 1.29 is 14.3 Å². The molecule has 0 saturated carbocycles. The number of hydrogen-bond donors (Lipinski definition) is 0. The standard InChI is InChI=1S/C16H14N2O3/c1-20-13-7-5-8-14(21-2)15(13)16(19)11-10-17-18-9-4-3-6-12(11)18/h3-10H,1-2H3. The Morgan fingerprint density at radius 3 is 2.43 bits per heavy atom. The number of carbonyl (C=O) groups excluding carboxylic acids is 1. The molecule has 0 bridgehead atoms. The third kappa shape index (κ3) is 2.12. The van der Waals surface area contributed by atoms with E-state index >= 15 is 0 Å². The van der Waals surface area contributed by atoms with Crippen LogP contribution in [0.25, 0.3) is 5.52 Å². The number of ether oxygens (including phenoxy) is 2. The third-order valence-electron chi connectivity index (χ3n) is 3.33. The zero-order chi connectivity index (χ0) is 14.8. The maximum atomic E-state index is 12.9. The number of hydrogen-bond acceptors (Lipinski definition) is 4. The van der Waals surface area contributed by atoms with Gasteiger partial charge in [0.05, 0.1) is 31.5 Å². The second-order valence-corrected chi connectivity index (χ2v) is 4.46. The van der Waals surface area contributed by atoms with Crippen LogP contribution in [0.1, 0.15) is 15.9 Å². The summed E-state index contributed by atoms with van der Waals surface area (Å²) in [6, 6.07) is 10.8. The summed E-state index contributed by atoms with van der Waals surface area (Å²) >= 11 is 0. The van der Waals surface area contributed by atoms with Crippen molar-refractivity contribution in [2.24, 2.45) is 0 Å². The lowest BCUT2D eigenvalue weighted by molar-refractivity contribution is 0.103. The van der Waals surface area contributed by atoms with Gasteiger partial charge in [0.2, 0.25) is 5.78 Å². The van der Waals surface area contributed by atoms with Gasteiger partial charge in [0, 0.05) is 6.20 Å². The highest BCUT2D eigenvalue weighted by Gasteiger charge is 2.22. The topological polar surface area (TPSA) is 52.8 Å². The van der Waals surface area contributed by atoms with Crippen LogP contribution >= 0.6 is 0 Å². The molecule has 5 nitrogen and oxygen atoms in total. The first-order chi connectivity index (χ1) is 10.3. The molecule has 0 fully saturated rings. The molecule has 5 heteroatoms. The molecule has 106 valence electrons. The van der Waals surface area contributed by atoms with Gasteiger partial charge in [-0.2, -0.15) is 5.10 Å². The lowest BCUT2D eigenvalue weighted by Gasteiger charge is -2.11. The Bertz CT molecular complexity index is 786. The number of rotatable bonds is 4. The molecule has 21 heavy (non-hydrogen) atoms. The Morgan fingerprint density at radius 1 is 1.05 bits per heavy atom. The van der Waals surface area contributed by atoms with Gasteiger partial charge in [-0.1, -0.05) is 12.1 Å². The molecule has 0 aliphatic carbocycles. The van der Waals surface area contributed by atoms with Crippen molar-refractivity contribution in [3.05, 3.63) is 59.9 Å². The van der Waals surface area contributed by atoms with Crippen LogP contribution in [-0.2, 0) is 0 Å². The predicted molar refractivity (Wildman–Crippen MR) is 78.2 cm³/mol. The van der Waals surface area contributed by atoms with Crippen LogP contribution in [0.15, 0.2) is 48.8 Å². The Hall–Kier alpha value is -2.82. The van der Waals surface area contributed by atoms with Crippen LogP contribution in [0, 0.1) is 0 Å². The molecule has 3 aromatic rings. The van der Waals surface area contributed by atoms with E-state index < -0.39 is 0 Å². The zero-order valence-electron chi connectivity index (χ0n) is 11.7. The number of methoxy groups -OCH3 is 2. The van der Waals surface area contributed by atoms with E-state index in [-0.39, 0.29) is 5.78 Å². The number of aromatic nitrogens is 2. The van der Waals surface area contributed by atoms with Crippen molar-refractivity contribution in [2.75, 3.05) is 14.2 Å². The average molecular weight is 282 g/mol. The molecule has 2 aromatic heterocycles. The first-order valence-electron chi connectivity index (χ1n) is 6.44. The number of ketones is 1. The quantitative estimate of drug-likeness (QED) is 0.690. The first-order valence-corrected chi connectivity index (χ1v) is 6.44. The number of fused-ring (bicyclic) bond motifs is 1. The SMILES string of the molecule is COc1cccc(OC)c1C(=O)c1cnn2ccccc12. The molecule has 0 N–H and O–H groups in total. The molecule has 0 amide bonds. The predicted octanol–water partition coefficient (Wildman–Crippen LogP) is 2.58. The molecule has 0 aliphatic rings. The highest BCUT2D eigenvalue weighted by molar-refractivity contribution is 6.16. The molecular formula is C16H14N2O3. The highest BCUT2D eigenvalue weighted by atomic mass is 16.5. The average Bonchev–Trinajstić information content (AvgIpc) is 2.97. The van der Waals surface area contributed by atoms with Crippen molar-refractivity contribution in [3.63, 3.8) is 0 Å². The number of carbonyl (C=O) groups is 1.